The molecule has 3 rings (SSSR count). The average Bonchev–Trinajstić information content (AvgIpc) is 2.61. The van der Waals surface area contributed by atoms with E-state index >= 15 is 0 Å². The molecular formula is C16H17F3N4O3. The van der Waals surface area contributed by atoms with Gasteiger partial charge in [0.25, 0.3) is 0 Å². The Labute approximate surface area is 147 Å². The number of amides is 2. The number of ether oxygens (including phenoxy) is 1. The molecule has 140 valence electrons. The number of carbonyl (C=O) groups excluding carboxylic acids is 2. The number of hydrogen-bond donors (Lipinski definition) is 3. The number of benzene rings is 1. The van der Waals surface area contributed by atoms with Crippen molar-refractivity contribution in [2.75, 3.05) is 25.0 Å². The summed E-state index contributed by atoms with van der Waals surface area (Å²) in [6.07, 6.45) is -4.30. The van der Waals surface area contributed by atoms with Crippen molar-refractivity contribution in [3.8, 4) is 0 Å². The molecule has 3 N–H and O–H groups in total. The van der Waals surface area contributed by atoms with Gasteiger partial charge < -0.3 is 15.4 Å². The number of nitrogens with zero attached hydrogens (tertiary/aromatic N) is 1. The van der Waals surface area contributed by atoms with Crippen molar-refractivity contribution >= 4 is 23.4 Å². The number of carbonyl (C=O) groups is 2. The Morgan fingerprint density at radius 2 is 2.12 bits per heavy atom. The summed E-state index contributed by atoms with van der Waals surface area (Å²) in [5.41, 5.74) is 1.62. The molecule has 1 saturated heterocycles. The van der Waals surface area contributed by atoms with Gasteiger partial charge in [0.15, 0.2) is 0 Å². The van der Waals surface area contributed by atoms with Crippen LogP contribution >= 0.6 is 0 Å². The molecule has 0 bridgehead atoms. The van der Waals surface area contributed by atoms with E-state index in [1.807, 2.05) is 0 Å². The Balaban J connectivity index is 1.77. The molecule has 0 saturated carbocycles. The molecule has 0 spiro atoms. The Morgan fingerprint density at radius 1 is 1.31 bits per heavy atom. The molecule has 0 aliphatic carbocycles. The third-order valence-electron chi connectivity index (χ3n) is 4.23. The smallest absolute Gasteiger partial charge is 0.428 e. The van der Waals surface area contributed by atoms with Crippen molar-refractivity contribution in [2.24, 2.45) is 11.0 Å². The highest BCUT2D eigenvalue weighted by molar-refractivity contribution is 6.04. The summed E-state index contributed by atoms with van der Waals surface area (Å²) in [4.78, 5) is 22.1. The van der Waals surface area contributed by atoms with Crippen LogP contribution in [0.1, 0.15) is 24.0 Å². The summed E-state index contributed by atoms with van der Waals surface area (Å²) >= 11 is 0. The van der Waals surface area contributed by atoms with E-state index in [2.05, 4.69) is 21.2 Å². The van der Waals surface area contributed by atoms with Crippen molar-refractivity contribution in [1.29, 1.82) is 0 Å². The van der Waals surface area contributed by atoms with E-state index in [4.69, 9.17) is 4.74 Å². The molecule has 2 aliphatic heterocycles. The quantitative estimate of drug-likeness (QED) is 0.757. The minimum atomic E-state index is -4.56. The summed E-state index contributed by atoms with van der Waals surface area (Å²) in [5.74, 6) is 0.0314. The molecule has 2 aliphatic rings. The van der Waals surface area contributed by atoms with E-state index in [0.717, 1.165) is 6.07 Å². The van der Waals surface area contributed by atoms with Gasteiger partial charge in [0, 0.05) is 30.8 Å². The highest BCUT2D eigenvalue weighted by Crippen LogP contribution is 2.36. The van der Waals surface area contributed by atoms with E-state index in [9.17, 15) is 22.8 Å². The van der Waals surface area contributed by atoms with Crippen LogP contribution in [-0.2, 0) is 15.7 Å². The number of alkyl halides is 3. The second-order valence-corrected chi connectivity index (χ2v) is 6.09. The summed E-state index contributed by atoms with van der Waals surface area (Å²) in [6.45, 7) is 0.569. The van der Waals surface area contributed by atoms with Crippen molar-refractivity contribution in [3.63, 3.8) is 0 Å². The molecule has 1 unspecified atom stereocenters. The number of hydrogen-bond acceptors (Lipinski definition) is 5. The van der Waals surface area contributed by atoms with Crippen LogP contribution in [-0.4, -0.2) is 37.4 Å². The van der Waals surface area contributed by atoms with E-state index in [1.165, 1.54) is 12.1 Å². The Bertz CT molecular complexity index is 739. The molecule has 2 heterocycles. The lowest BCUT2D eigenvalue weighted by Crippen LogP contribution is -2.37. The van der Waals surface area contributed by atoms with Gasteiger partial charge in [0.1, 0.15) is 12.3 Å². The minimum absolute atomic E-state index is 0.0378. The lowest BCUT2D eigenvalue weighted by molar-refractivity contribution is -0.137. The molecular weight excluding hydrogens is 353 g/mol. The molecule has 1 aromatic carbocycles. The van der Waals surface area contributed by atoms with Gasteiger partial charge >= 0.3 is 12.3 Å². The number of cyclic esters (lactones) is 1. The van der Waals surface area contributed by atoms with Crippen LogP contribution in [0.4, 0.5) is 23.7 Å². The predicted octanol–water partition coefficient (Wildman–Crippen LogP) is 2.09. The van der Waals surface area contributed by atoms with Crippen molar-refractivity contribution in [3.05, 3.63) is 29.3 Å². The lowest BCUT2D eigenvalue weighted by atomic mass is 9.98. The molecule has 0 aromatic heterocycles. The van der Waals surface area contributed by atoms with Crippen LogP contribution in [0.3, 0.4) is 0 Å². The standard InChI is InChI=1S/C16H17F3N4O3/c17-16(18,19)11-5-10(13-8-26-15(25)23-22-13)2-3-12(11)20-6-9-1-4-14(24)21-7-9/h2-3,5,9,20H,1,4,6-8H2,(H,21,24)(H,23,25). The first-order valence-corrected chi connectivity index (χ1v) is 8.04. The molecule has 7 nitrogen and oxygen atoms in total. The van der Waals surface area contributed by atoms with Gasteiger partial charge in [-0.25, -0.2) is 10.2 Å². The topological polar surface area (TPSA) is 91.8 Å². The van der Waals surface area contributed by atoms with Crippen LogP contribution in [0.5, 0.6) is 0 Å². The van der Waals surface area contributed by atoms with Gasteiger partial charge in [-0.3, -0.25) is 4.79 Å². The number of piperidine rings is 1. The zero-order valence-corrected chi connectivity index (χ0v) is 13.7. The number of hydrazone groups is 1. The Hall–Kier alpha value is -2.78. The first-order valence-electron chi connectivity index (χ1n) is 8.04. The molecule has 26 heavy (non-hydrogen) atoms. The van der Waals surface area contributed by atoms with Crippen LogP contribution in [0.25, 0.3) is 0 Å². The first kappa shape index (κ1) is 18.0. The molecule has 10 heteroatoms. The predicted molar refractivity (Wildman–Crippen MR) is 86.7 cm³/mol. The maximum Gasteiger partial charge on any atom is 0.428 e. The van der Waals surface area contributed by atoms with Gasteiger partial charge in [-0.1, -0.05) is 6.07 Å². The highest BCUT2D eigenvalue weighted by Gasteiger charge is 2.34. The Morgan fingerprint density at radius 3 is 2.73 bits per heavy atom. The second kappa shape index (κ2) is 7.22. The van der Waals surface area contributed by atoms with Crippen molar-refractivity contribution in [2.45, 2.75) is 19.0 Å². The van der Waals surface area contributed by atoms with Crippen LogP contribution in [0, 0.1) is 5.92 Å². The zero-order valence-electron chi connectivity index (χ0n) is 13.7. The number of rotatable bonds is 4. The van der Waals surface area contributed by atoms with Crippen molar-refractivity contribution < 1.29 is 27.5 Å². The number of anilines is 1. The largest absolute Gasteiger partial charge is 0.442 e. The summed E-state index contributed by atoms with van der Waals surface area (Å²) < 4.78 is 45.0. The lowest BCUT2D eigenvalue weighted by Gasteiger charge is -2.24. The SMILES string of the molecule is O=C1CCC(CNc2ccc(C3=NNC(=O)OC3)cc2C(F)(F)F)CN1. The summed E-state index contributed by atoms with van der Waals surface area (Å²) in [5, 5.41) is 9.26. The maximum atomic E-state index is 13.4. The van der Waals surface area contributed by atoms with E-state index < -0.39 is 17.8 Å². The Kier molecular flexibility index (Phi) is 5.01. The zero-order chi connectivity index (χ0) is 18.7. The fraction of sp³-hybridized carbons (Fsp3) is 0.438. The minimum Gasteiger partial charge on any atom is -0.442 e. The maximum absolute atomic E-state index is 13.4. The van der Waals surface area contributed by atoms with Crippen LogP contribution in [0.2, 0.25) is 0 Å². The molecule has 0 radical (unpaired) electrons. The number of halogens is 3. The van der Waals surface area contributed by atoms with Crippen LogP contribution < -0.4 is 16.1 Å². The van der Waals surface area contributed by atoms with Crippen LogP contribution in [0.15, 0.2) is 23.3 Å². The van der Waals surface area contributed by atoms with Gasteiger partial charge in [-0.2, -0.15) is 18.3 Å². The number of nitrogens with one attached hydrogen (secondary N) is 3. The van der Waals surface area contributed by atoms with Gasteiger partial charge in [0.2, 0.25) is 5.91 Å². The average molecular weight is 370 g/mol. The molecule has 1 aromatic rings. The van der Waals surface area contributed by atoms with Crippen molar-refractivity contribution in [1.82, 2.24) is 10.7 Å². The molecule has 2 amide bonds. The fourth-order valence-electron chi connectivity index (χ4n) is 2.78. The van der Waals surface area contributed by atoms with Gasteiger partial charge in [0.05, 0.1) is 5.56 Å². The monoisotopic (exact) mass is 370 g/mol. The van der Waals surface area contributed by atoms with Gasteiger partial charge in [-0.15, -0.1) is 0 Å². The fourth-order valence-corrected chi connectivity index (χ4v) is 2.78. The second-order valence-electron chi connectivity index (χ2n) is 6.09. The first-order chi connectivity index (χ1) is 12.3. The van der Waals surface area contributed by atoms with E-state index in [1.54, 1.807) is 0 Å². The molecule has 1 fully saturated rings. The third kappa shape index (κ3) is 4.24. The molecule has 1 atom stereocenters. The summed E-state index contributed by atoms with van der Waals surface area (Å²) in [6, 6.07) is 3.79. The van der Waals surface area contributed by atoms with Gasteiger partial charge in [-0.05, 0) is 24.5 Å². The highest BCUT2D eigenvalue weighted by atomic mass is 19.4. The van der Waals surface area contributed by atoms with E-state index in [0.29, 0.717) is 25.9 Å². The normalized spacial score (nSPS) is 20.6. The van der Waals surface area contributed by atoms with E-state index in [-0.39, 0.29) is 35.4 Å². The third-order valence-corrected chi connectivity index (χ3v) is 4.23. The summed E-state index contributed by atoms with van der Waals surface area (Å²) in [7, 11) is 0.